The van der Waals surface area contributed by atoms with Gasteiger partial charge in [0.2, 0.25) is 0 Å². The molecule has 0 aliphatic rings. The number of amides is 1. The average molecular weight is 284 g/mol. The molecule has 19 heavy (non-hydrogen) atoms. The number of rotatable bonds is 6. The van der Waals surface area contributed by atoms with E-state index in [1.54, 1.807) is 19.1 Å². The Balaban J connectivity index is 2.49. The summed E-state index contributed by atoms with van der Waals surface area (Å²) in [6, 6.07) is 5.36. The Morgan fingerprint density at radius 3 is 2.63 bits per heavy atom. The van der Waals surface area contributed by atoms with Crippen molar-refractivity contribution in [3.05, 3.63) is 28.8 Å². The molecule has 0 saturated heterocycles. The van der Waals surface area contributed by atoms with E-state index >= 15 is 0 Å². The Bertz CT molecular complexity index is 432. The van der Waals surface area contributed by atoms with Crippen molar-refractivity contribution in [2.75, 3.05) is 6.54 Å². The van der Waals surface area contributed by atoms with Crippen LogP contribution in [-0.2, 0) is 4.79 Å². The maximum atomic E-state index is 11.8. The third-order valence-electron chi connectivity index (χ3n) is 2.83. The van der Waals surface area contributed by atoms with E-state index in [4.69, 9.17) is 16.3 Å². The fourth-order valence-electron chi connectivity index (χ4n) is 1.62. The monoisotopic (exact) mass is 283 g/mol. The van der Waals surface area contributed by atoms with Crippen molar-refractivity contribution in [3.8, 4) is 5.75 Å². The first-order valence-electron chi connectivity index (χ1n) is 6.60. The quantitative estimate of drug-likeness (QED) is 0.867. The van der Waals surface area contributed by atoms with Gasteiger partial charge in [-0.25, -0.2) is 0 Å². The lowest BCUT2D eigenvalue weighted by Crippen LogP contribution is -2.37. The van der Waals surface area contributed by atoms with E-state index in [0.717, 1.165) is 12.0 Å². The maximum Gasteiger partial charge on any atom is 0.260 e. The molecule has 1 N–H and O–H groups in total. The fraction of sp³-hybridized carbons (Fsp3) is 0.533. The SMILES string of the molecule is Cc1cc(Cl)ccc1O[C@H](C)C(=O)NCCC(C)C. The predicted octanol–water partition coefficient (Wildman–Crippen LogP) is 3.58. The van der Waals surface area contributed by atoms with E-state index in [-0.39, 0.29) is 5.91 Å². The molecule has 1 rings (SSSR count). The summed E-state index contributed by atoms with van der Waals surface area (Å²) in [7, 11) is 0. The summed E-state index contributed by atoms with van der Waals surface area (Å²) in [6.07, 6.45) is 0.463. The van der Waals surface area contributed by atoms with Crippen LogP contribution in [-0.4, -0.2) is 18.6 Å². The fourth-order valence-corrected chi connectivity index (χ4v) is 1.84. The van der Waals surface area contributed by atoms with Gasteiger partial charge in [0.1, 0.15) is 5.75 Å². The molecule has 0 heterocycles. The highest BCUT2D eigenvalue weighted by atomic mass is 35.5. The van der Waals surface area contributed by atoms with Crippen molar-refractivity contribution in [2.45, 2.75) is 40.2 Å². The van der Waals surface area contributed by atoms with Crippen molar-refractivity contribution in [3.63, 3.8) is 0 Å². The molecule has 0 aliphatic carbocycles. The van der Waals surface area contributed by atoms with E-state index in [1.807, 2.05) is 13.0 Å². The van der Waals surface area contributed by atoms with Crippen LogP contribution in [0, 0.1) is 12.8 Å². The van der Waals surface area contributed by atoms with E-state index in [9.17, 15) is 4.79 Å². The van der Waals surface area contributed by atoms with Gasteiger partial charge >= 0.3 is 0 Å². The van der Waals surface area contributed by atoms with Crippen molar-refractivity contribution >= 4 is 17.5 Å². The molecule has 0 aliphatic heterocycles. The first kappa shape index (κ1) is 15.8. The predicted molar refractivity (Wildman–Crippen MR) is 78.7 cm³/mol. The summed E-state index contributed by atoms with van der Waals surface area (Å²) >= 11 is 5.88. The van der Waals surface area contributed by atoms with Crippen LogP contribution in [0.25, 0.3) is 0 Å². The molecule has 0 radical (unpaired) electrons. The summed E-state index contributed by atoms with van der Waals surface area (Å²) in [4.78, 5) is 11.8. The van der Waals surface area contributed by atoms with Gasteiger partial charge in [0.05, 0.1) is 0 Å². The van der Waals surface area contributed by atoms with Crippen molar-refractivity contribution in [2.24, 2.45) is 5.92 Å². The van der Waals surface area contributed by atoms with Gasteiger partial charge in [-0.15, -0.1) is 0 Å². The lowest BCUT2D eigenvalue weighted by molar-refractivity contribution is -0.127. The van der Waals surface area contributed by atoms with Gasteiger partial charge in [0.15, 0.2) is 6.10 Å². The van der Waals surface area contributed by atoms with Crippen molar-refractivity contribution < 1.29 is 9.53 Å². The van der Waals surface area contributed by atoms with Gasteiger partial charge < -0.3 is 10.1 Å². The van der Waals surface area contributed by atoms with Gasteiger partial charge in [-0.1, -0.05) is 25.4 Å². The summed E-state index contributed by atoms with van der Waals surface area (Å²) in [5.74, 6) is 1.18. The molecule has 0 saturated carbocycles. The molecule has 0 unspecified atom stereocenters. The minimum absolute atomic E-state index is 0.0880. The molecule has 3 nitrogen and oxygen atoms in total. The topological polar surface area (TPSA) is 38.3 Å². The van der Waals surface area contributed by atoms with Gasteiger partial charge in [-0.3, -0.25) is 4.79 Å². The minimum Gasteiger partial charge on any atom is -0.481 e. The zero-order valence-corrected chi connectivity index (χ0v) is 12.8. The molecule has 1 atom stereocenters. The summed E-state index contributed by atoms with van der Waals surface area (Å²) in [6.45, 7) is 8.60. The van der Waals surface area contributed by atoms with Crippen LogP contribution in [0.4, 0.5) is 0 Å². The molecule has 0 bridgehead atoms. The Morgan fingerprint density at radius 1 is 1.37 bits per heavy atom. The second-order valence-electron chi connectivity index (χ2n) is 5.14. The van der Waals surface area contributed by atoms with E-state index in [0.29, 0.717) is 23.2 Å². The number of carbonyl (C=O) groups is 1. The number of nitrogens with one attached hydrogen (secondary N) is 1. The highest BCUT2D eigenvalue weighted by Crippen LogP contribution is 2.22. The largest absolute Gasteiger partial charge is 0.481 e. The summed E-state index contributed by atoms with van der Waals surface area (Å²) < 4.78 is 5.65. The number of halogens is 1. The van der Waals surface area contributed by atoms with Gasteiger partial charge in [0, 0.05) is 11.6 Å². The number of aryl methyl sites for hydroxylation is 1. The zero-order chi connectivity index (χ0) is 14.4. The lowest BCUT2D eigenvalue weighted by Gasteiger charge is -2.16. The normalized spacial score (nSPS) is 12.3. The van der Waals surface area contributed by atoms with E-state index < -0.39 is 6.10 Å². The first-order chi connectivity index (χ1) is 8.90. The van der Waals surface area contributed by atoms with Gasteiger partial charge in [0.25, 0.3) is 5.91 Å². The number of hydrogen-bond donors (Lipinski definition) is 1. The first-order valence-corrected chi connectivity index (χ1v) is 6.98. The number of benzene rings is 1. The van der Waals surface area contributed by atoms with Crippen LogP contribution >= 0.6 is 11.6 Å². The molecule has 1 aromatic rings. The minimum atomic E-state index is -0.507. The van der Waals surface area contributed by atoms with Gasteiger partial charge in [-0.05, 0) is 49.9 Å². The van der Waals surface area contributed by atoms with E-state index in [1.165, 1.54) is 0 Å². The third-order valence-corrected chi connectivity index (χ3v) is 3.07. The smallest absolute Gasteiger partial charge is 0.260 e. The molecule has 0 spiro atoms. The Hall–Kier alpha value is -1.22. The summed E-state index contributed by atoms with van der Waals surface area (Å²) in [5.41, 5.74) is 0.925. The summed E-state index contributed by atoms with van der Waals surface area (Å²) in [5, 5.41) is 3.54. The number of hydrogen-bond acceptors (Lipinski definition) is 2. The average Bonchev–Trinajstić information content (AvgIpc) is 2.32. The van der Waals surface area contributed by atoms with Crippen molar-refractivity contribution in [1.29, 1.82) is 0 Å². The molecule has 106 valence electrons. The molecule has 4 heteroatoms. The second-order valence-corrected chi connectivity index (χ2v) is 5.58. The van der Waals surface area contributed by atoms with Crippen LogP contribution < -0.4 is 10.1 Å². The highest BCUT2D eigenvalue weighted by Gasteiger charge is 2.15. The number of carbonyl (C=O) groups excluding carboxylic acids is 1. The standard InChI is InChI=1S/C15H22ClNO2/c1-10(2)7-8-17-15(18)12(4)19-14-6-5-13(16)9-11(14)3/h5-6,9-10,12H,7-8H2,1-4H3,(H,17,18)/t12-/m1/s1. The van der Waals surface area contributed by atoms with E-state index in [2.05, 4.69) is 19.2 Å². The van der Waals surface area contributed by atoms with Crippen LogP contribution in [0.5, 0.6) is 5.75 Å². The second kappa shape index (κ2) is 7.39. The Kier molecular flexibility index (Phi) is 6.16. The molecular weight excluding hydrogens is 262 g/mol. The maximum absolute atomic E-state index is 11.8. The molecule has 0 aromatic heterocycles. The molecule has 0 fully saturated rings. The van der Waals surface area contributed by atoms with Crippen LogP contribution in [0.2, 0.25) is 5.02 Å². The van der Waals surface area contributed by atoms with Crippen LogP contribution in [0.3, 0.4) is 0 Å². The lowest BCUT2D eigenvalue weighted by atomic mass is 10.1. The van der Waals surface area contributed by atoms with Gasteiger partial charge in [-0.2, -0.15) is 0 Å². The van der Waals surface area contributed by atoms with Crippen LogP contribution in [0.1, 0.15) is 32.8 Å². The Labute approximate surface area is 120 Å². The molecule has 1 aromatic carbocycles. The molecule has 1 amide bonds. The Morgan fingerprint density at radius 2 is 2.05 bits per heavy atom. The number of ether oxygens (including phenoxy) is 1. The van der Waals surface area contributed by atoms with Crippen molar-refractivity contribution in [1.82, 2.24) is 5.32 Å². The third kappa shape index (κ3) is 5.52. The zero-order valence-electron chi connectivity index (χ0n) is 12.0. The van der Waals surface area contributed by atoms with Crippen LogP contribution in [0.15, 0.2) is 18.2 Å². The molecular formula is C15H22ClNO2. The highest BCUT2D eigenvalue weighted by molar-refractivity contribution is 6.30.